The van der Waals surface area contributed by atoms with Crippen LogP contribution in [0.2, 0.25) is 0 Å². The molecule has 0 aromatic heterocycles. The third-order valence-electron chi connectivity index (χ3n) is 4.74. The Bertz CT molecular complexity index is 877. The van der Waals surface area contributed by atoms with E-state index in [0.29, 0.717) is 0 Å². The van der Waals surface area contributed by atoms with Crippen molar-refractivity contribution in [2.75, 3.05) is 0 Å². The van der Waals surface area contributed by atoms with E-state index >= 15 is 0 Å². The van der Waals surface area contributed by atoms with Crippen molar-refractivity contribution < 1.29 is 22.7 Å². The second kappa shape index (κ2) is 10.3. The monoisotopic (exact) mass is 420 g/mol. The van der Waals surface area contributed by atoms with Crippen molar-refractivity contribution in [3.05, 3.63) is 65.7 Å². The van der Waals surface area contributed by atoms with Crippen molar-refractivity contribution in [3.8, 4) is 16.9 Å². The molecule has 0 heterocycles. The Morgan fingerprint density at radius 1 is 1.17 bits per heavy atom. The molecule has 0 spiro atoms. The van der Waals surface area contributed by atoms with Gasteiger partial charge in [0.1, 0.15) is 5.75 Å². The average Bonchev–Trinajstić information content (AvgIpc) is 2.70. The summed E-state index contributed by atoms with van der Waals surface area (Å²) in [5, 5.41) is 2.79. The minimum absolute atomic E-state index is 0.182. The highest BCUT2D eigenvalue weighted by molar-refractivity contribution is 5.86. The third kappa shape index (κ3) is 6.35. The van der Waals surface area contributed by atoms with E-state index in [1.54, 1.807) is 12.1 Å². The first kappa shape index (κ1) is 23.5. The lowest BCUT2D eigenvalue weighted by Crippen LogP contribution is -2.23. The fourth-order valence-corrected chi connectivity index (χ4v) is 3.35. The maximum absolute atomic E-state index is 12.4. The fraction of sp³-hybridized carbons (Fsp3) is 0.348. The number of nitrogens with one attached hydrogen (secondary N) is 1. The van der Waals surface area contributed by atoms with Gasteiger partial charge in [0.25, 0.3) is 0 Å². The maximum Gasteiger partial charge on any atom is 0.573 e. The van der Waals surface area contributed by atoms with Crippen LogP contribution >= 0.6 is 0 Å². The first-order valence-corrected chi connectivity index (χ1v) is 9.86. The first-order valence-electron chi connectivity index (χ1n) is 9.86. The molecule has 0 fully saturated rings. The number of carbonyl (C=O) groups is 1. The van der Waals surface area contributed by atoms with E-state index in [1.165, 1.54) is 18.2 Å². The molecule has 1 amide bonds. The van der Waals surface area contributed by atoms with Gasteiger partial charge >= 0.3 is 6.36 Å². The van der Waals surface area contributed by atoms with Crippen LogP contribution in [0.15, 0.2) is 49.1 Å². The molecule has 0 saturated carbocycles. The predicted octanol–water partition coefficient (Wildman–Crippen LogP) is 5.42. The molecule has 0 radical (unpaired) electrons. The zero-order chi connectivity index (χ0) is 22.3. The molecule has 2 aromatic rings. The van der Waals surface area contributed by atoms with Gasteiger partial charge in [-0.25, -0.2) is 0 Å². The molecule has 0 aliphatic carbocycles. The number of nitrogens with two attached hydrogens (primary N) is 1. The Kier molecular flexibility index (Phi) is 8.06. The van der Waals surface area contributed by atoms with Gasteiger partial charge in [0.2, 0.25) is 5.91 Å². The summed E-state index contributed by atoms with van der Waals surface area (Å²) in [5.41, 5.74) is 10.9. The lowest BCUT2D eigenvalue weighted by Gasteiger charge is -2.22. The van der Waals surface area contributed by atoms with Gasteiger partial charge < -0.3 is 15.8 Å². The van der Waals surface area contributed by atoms with Gasteiger partial charge in [-0.05, 0) is 64.9 Å². The van der Waals surface area contributed by atoms with E-state index < -0.39 is 6.36 Å². The molecule has 2 rings (SSSR count). The zero-order valence-electron chi connectivity index (χ0n) is 17.2. The standard InChI is InChI=1S/C23H27F3N2O2/c1-4-7-16-12-17(15-8-10-19(11-9-15)30-23(24,25)26)13-18(14-28-21(29)6-3)22(16)20(27)5-2/h6,8-13,20H,3-5,7,14,27H2,1-2H3,(H,28,29). The van der Waals surface area contributed by atoms with E-state index in [-0.39, 0.29) is 24.2 Å². The predicted molar refractivity (Wildman–Crippen MR) is 112 cm³/mol. The molecule has 4 nitrogen and oxygen atoms in total. The van der Waals surface area contributed by atoms with Crippen molar-refractivity contribution in [2.45, 2.75) is 52.1 Å². The molecule has 3 N–H and O–H groups in total. The number of amides is 1. The van der Waals surface area contributed by atoms with Crippen LogP contribution in [0.4, 0.5) is 13.2 Å². The van der Waals surface area contributed by atoms with Gasteiger partial charge in [-0.1, -0.05) is 45.0 Å². The number of rotatable bonds is 9. The van der Waals surface area contributed by atoms with Gasteiger partial charge in [-0.2, -0.15) is 0 Å². The van der Waals surface area contributed by atoms with E-state index in [0.717, 1.165) is 47.1 Å². The van der Waals surface area contributed by atoms with E-state index in [2.05, 4.69) is 23.6 Å². The molecule has 0 aliphatic heterocycles. The summed E-state index contributed by atoms with van der Waals surface area (Å²) in [7, 11) is 0. The second-order valence-electron chi connectivity index (χ2n) is 6.97. The van der Waals surface area contributed by atoms with Crippen molar-refractivity contribution in [1.82, 2.24) is 5.32 Å². The number of aryl methyl sites for hydroxylation is 1. The zero-order valence-corrected chi connectivity index (χ0v) is 17.2. The largest absolute Gasteiger partial charge is 0.573 e. The second-order valence-corrected chi connectivity index (χ2v) is 6.97. The molecule has 0 saturated heterocycles. The van der Waals surface area contributed by atoms with Crippen molar-refractivity contribution in [3.63, 3.8) is 0 Å². The molecule has 162 valence electrons. The Labute approximate surface area is 174 Å². The highest BCUT2D eigenvalue weighted by Crippen LogP contribution is 2.32. The number of halogens is 3. The van der Waals surface area contributed by atoms with Crippen LogP contribution in [0.1, 0.15) is 49.4 Å². The maximum atomic E-state index is 12.4. The molecule has 30 heavy (non-hydrogen) atoms. The summed E-state index contributed by atoms with van der Waals surface area (Å²) >= 11 is 0. The van der Waals surface area contributed by atoms with Crippen LogP contribution in [-0.2, 0) is 17.8 Å². The first-order chi connectivity index (χ1) is 14.2. The summed E-state index contributed by atoms with van der Waals surface area (Å²) in [6, 6.07) is 9.49. The van der Waals surface area contributed by atoms with Crippen molar-refractivity contribution in [2.24, 2.45) is 5.73 Å². The van der Waals surface area contributed by atoms with Crippen LogP contribution in [0, 0.1) is 0 Å². The quantitative estimate of drug-likeness (QED) is 0.533. The van der Waals surface area contributed by atoms with E-state index in [9.17, 15) is 18.0 Å². The minimum Gasteiger partial charge on any atom is -0.406 e. The average molecular weight is 420 g/mol. The Balaban J connectivity index is 2.49. The summed E-state index contributed by atoms with van der Waals surface area (Å²) in [6.07, 6.45) is -1.08. The lowest BCUT2D eigenvalue weighted by molar-refractivity contribution is -0.274. The summed E-state index contributed by atoms with van der Waals surface area (Å²) in [6.45, 7) is 7.81. The summed E-state index contributed by atoms with van der Waals surface area (Å²) < 4.78 is 41.2. The van der Waals surface area contributed by atoms with Gasteiger partial charge in [0, 0.05) is 12.6 Å². The van der Waals surface area contributed by atoms with Gasteiger partial charge in [0.05, 0.1) is 0 Å². The van der Waals surface area contributed by atoms with Crippen LogP contribution in [-0.4, -0.2) is 12.3 Å². The number of alkyl halides is 3. The van der Waals surface area contributed by atoms with Crippen LogP contribution in [0.25, 0.3) is 11.1 Å². The molecule has 0 bridgehead atoms. The summed E-state index contributed by atoms with van der Waals surface area (Å²) in [4.78, 5) is 11.7. The van der Waals surface area contributed by atoms with Gasteiger partial charge in [0.15, 0.2) is 0 Å². The van der Waals surface area contributed by atoms with Crippen LogP contribution in [0.3, 0.4) is 0 Å². The third-order valence-corrected chi connectivity index (χ3v) is 4.74. The van der Waals surface area contributed by atoms with Gasteiger partial charge in [-0.15, -0.1) is 13.2 Å². The van der Waals surface area contributed by atoms with Crippen LogP contribution < -0.4 is 15.8 Å². The number of ether oxygens (including phenoxy) is 1. The summed E-state index contributed by atoms with van der Waals surface area (Å²) in [5.74, 6) is -0.565. The Hall–Kier alpha value is -2.80. The van der Waals surface area contributed by atoms with Gasteiger partial charge in [-0.3, -0.25) is 4.79 Å². The lowest BCUT2D eigenvalue weighted by atomic mass is 9.87. The number of hydrogen-bond acceptors (Lipinski definition) is 3. The highest BCUT2D eigenvalue weighted by Gasteiger charge is 2.31. The molecule has 2 aromatic carbocycles. The molecule has 1 unspecified atom stereocenters. The number of benzene rings is 2. The molecule has 1 atom stereocenters. The Morgan fingerprint density at radius 3 is 2.33 bits per heavy atom. The molecule has 7 heteroatoms. The topological polar surface area (TPSA) is 64.3 Å². The van der Waals surface area contributed by atoms with Crippen molar-refractivity contribution in [1.29, 1.82) is 0 Å². The SMILES string of the molecule is C=CC(=O)NCc1cc(-c2ccc(OC(F)(F)F)cc2)cc(CCC)c1C(N)CC. The normalized spacial score (nSPS) is 12.3. The number of carbonyl (C=O) groups excluding carboxylic acids is 1. The van der Waals surface area contributed by atoms with E-state index in [1.807, 2.05) is 19.1 Å². The molecular weight excluding hydrogens is 393 g/mol. The smallest absolute Gasteiger partial charge is 0.406 e. The highest BCUT2D eigenvalue weighted by atomic mass is 19.4. The number of hydrogen-bond donors (Lipinski definition) is 2. The Morgan fingerprint density at radius 2 is 1.80 bits per heavy atom. The van der Waals surface area contributed by atoms with E-state index in [4.69, 9.17) is 5.73 Å². The van der Waals surface area contributed by atoms with Crippen molar-refractivity contribution >= 4 is 5.91 Å². The molecule has 0 aliphatic rings. The van der Waals surface area contributed by atoms with Crippen LogP contribution in [0.5, 0.6) is 5.75 Å². The fourth-order valence-electron chi connectivity index (χ4n) is 3.35. The molecular formula is C23H27F3N2O2. The minimum atomic E-state index is -4.73.